The van der Waals surface area contributed by atoms with Crippen LogP contribution in [0.1, 0.15) is 68.8 Å². The van der Waals surface area contributed by atoms with E-state index in [4.69, 9.17) is 23.7 Å². The zero-order valence-electron chi connectivity index (χ0n) is 33.8. The molecule has 3 fully saturated rings. The Labute approximate surface area is 333 Å². The molecule has 10 atom stereocenters. The van der Waals surface area contributed by atoms with Gasteiger partial charge in [-0.05, 0) is 67.1 Å². The number of aromatic amines is 1. The number of para-hydroxylation sites is 1. The maximum atomic E-state index is 15.2. The highest BCUT2D eigenvalue weighted by atomic mass is 16.6. The number of carbonyl (C=O) groups excluding carboxylic acids is 3. The minimum atomic E-state index is -1.65. The molecule has 57 heavy (non-hydrogen) atoms. The summed E-state index contributed by atoms with van der Waals surface area (Å²) in [7, 11) is 6.50. The molecule has 7 heterocycles. The van der Waals surface area contributed by atoms with Crippen molar-refractivity contribution in [1.29, 1.82) is 0 Å². The van der Waals surface area contributed by atoms with E-state index in [-0.39, 0.29) is 17.9 Å². The molecule has 1 aliphatic carbocycles. The molecular weight excluding hydrogens is 725 g/mol. The Hall–Kier alpha value is -4.81. The molecule has 1 N–H and O–H groups in total. The van der Waals surface area contributed by atoms with E-state index in [0.29, 0.717) is 31.6 Å². The van der Waals surface area contributed by atoms with Crippen LogP contribution in [-0.4, -0.2) is 111 Å². The number of likely N-dealkylation sites (N-methyl/N-ethyl adjacent to an activating group) is 1. The molecule has 1 aromatic heterocycles. The smallest absolute Gasteiger partial charge is 0.344 e. The summed E-state index contributed by atoms with van der Waals surface area (Å²) in [5.74, 6) is -0.786. The van der Waals surface area contributed by atoms with E-state index >= 15 is 4.79 Å². The molecule has 7 aliphatic rings. The molecule has 1 unspecified atom stereocenters. The number of carbonyl (C=O) groups is 3. The lowest BCUT2D eigenvalue weighted by Crippen LogP contribution is -2.78. The minimum Gasteiger partial charge on any atom is -0.496 e. The highest BCUT2D eigenvalue weighted by molar-refractivity contribution is 5.95. The second-order valence-electron chi connectivity index (χ2n) is 17.4. The third-order valence-electron chi connectivity index (χ3n) is 15.2. The van der Waals surface area contributed by atoms with Gasteiger partial charge in [-0.25, -0.2) is 4.79 Å². The highest BCUT2D eigenvalue weighted by Gasteiger charge is 2.87. The second kappa shape index (κ2) is 12.3. The van der Waals surface area contributed by atoms with Crippen LogP contribution in [-0.2, 0) is 50.7 Å². The van der Waals surface area contributed by atoms with E-state index in [0.717, 1.165) is 65.0 Å². The number of nitrogens with one attached hydrogen (secondary N) is 1. The summed E-state index contributed by atoms with van der Waals surface area (Å²) in [4.78, 5) is 53.7. The molecule has 6 aliphatic heterocycles. The predicted octanol–water partition coefficient (Wildman–Crippen LogP) is 5.12. The van der Waals surface area contributed by atoms with E-state index in [1.807, 2.05) is 25.3 Å². The number of hydrogen-bond acceptors (Lipinski definition) is 11. The first-order valence-electron chi connectivity index (χ1n) is 20.4. The number of anilines is 1. The van der Waals surface area contributed by atoms with E-state index in [1.165, 1.54) is 26.7 Å². The van der Waals surface area contributed by atoms with Crippen LogP contribution < -0.4 is 9.64 Å². The van der Waals surface area contributed by atoms with Crippen LogP contribution in [0.15, 0.2) is 60.3 Å². The molecule has 0 radical (unpaired) electrons. The van der Waals surface area contributed by atoms with Crippen LogP contribution in [0.2, 0.25) is 0 Å². The van der Waals surface area contributed by atoms with Gasteiger partial charge in [0.25, 0.3) is 0 Å². The molecule has 300 valence electrons. The van der Waals surface area contributed by atoms with Gasteiger partial charge in [0.05, 0.1) is 44.9 Å². The van der Waals surface area contributed by atoms with Crippen LogP contribution in [0.3, 0.4) is 0 Å². The highest BCUT2D eigenvalue weighted by Crippen LogP contribution is 2.73. The largest absolute Gasteiger partial charge is 0.496 e. The van der Waals surface area contributed by atoms with Gasteiger partial charge in [-0.2, -0.15) is 0 Å². The SMILES string of the molecule is CCC1=C[C@H]2CN(C1)Cc1c([nH]c3ccccc13)[C@@](C(=O)OC)(c1cc3c(cc1OC)N(C)[C@H]1[C@]4(C(=O)OC)O[C@@H]5C=CN6CC[C@]31[C@@H]6[C@]5(CC)[C@H]4OC(C)=O)C2. The van der Waals surface area contributed by atoms with Crippen molar-refractivity contribution < 1.29 is 38.1 Å². The maximum Gasteiger partial charge on any atom is 0.344 e. The lowest BCUT2D eigenvalue weighted by Gasteiger charge is -2.59. The third-order valence-corrected chi connectivity index (χ3v) is 15.2. The first-order valence-corrected chi connectivity index (χ1v) is 20.4. The Morgan fingerprint density at radius 3 is 2.51 bits per heavy atom. The third kappa shape index (κ3) is 4.28. The molecule has 12 nitrogen and oxygen atoms in total. The fourth-order valence-electron chi connectivity index (χ4n) is 13.4. The van der Waals surface area contributed by atoms with Crippen molar-refractivity contribution in [3.63, 3.8) is 0 Å². The van der Waals surface area contributed by atoms with E-state index in [9.17, 15) is 9.59 Å². The van der Waals surface area contributed by atoms with E-state index < -0.39 is 52.0 Å². The summed E-state index contributed by atoms with van der Waals surface area (Å²) in [6, 6.07) is 11.7. The molecule has 2 saturated heterocycles. The number of hydrogen-bond donors (Lipinski definition) is 1. The molecule has 0 amide bonds. The lowest BCUT2D eigenvalue weighted by molar-refractivity contribution is -0.198. The number of methoxy groups -OCH3 is 3. The van der Waals surface area contributed by atoms with Crippen molar-refractivity contribution in [2.24, 2.45) is 11.3 Å². The number of nitrogens with zero attached hydrogens (tertiary/aromatic N) is 3. The topological polar surface area (TPSA) is 123 Å². The Kier molecular flexibility index (Phi) is 7.91. The van der Waals surface area contributed by atoms with Gasteiger partial charge in [-0.15, -0.1) is 0 Å². The van der Waals surface area contributed by atoms with Crippen molar-refractivity contribution in [2.75, 3.05) is 52.9 Å². The first kappa shape index (κ1) is 36.5. The van der Waals surface area contributed by atoms with Crippen LogP contribution in [0.5, 0.6) is 5.75 Å². The van der Waals surface area contributed by atoms with Gasteiger partial charge in [0.2, 0.25) is 5.60 Å². The Morgan fingerprint density at radius 1 is 1.00 bits per heavy atom. The minimum absolute atomic E-state index is 0.0551. The molecule has 10 rings (SSSR count). The summed E-state index contributed by atoms with van der Waals surface area (Å²) in [6.07, 6.45) is 7.78. The number of rotatable bonds is 7. The normalized spacial score (nSPS) is 36.4. The Morgan fingerprint density at radius 2 is 1.79 bits per heavy atom. The lowest BCUT2D eigenvalue weighted by atomic mass is 9.48. The number of aromatic nitrogens is 1. The van der Waals surface area contributed by atoms with Gasteiger partial charge in [0.15, 0.2) is 6.10 Å². The summed E-state index contributed by atoms with van der Waals surface area (Å²) in [5, 5.41) is 1.08. The van der Waals surface area contributed by atoms with Crippen LogP contribution in [0.25, 0.3) is 10.9 Å². The molecule has 4 bridgehead atoms. The average molecular weight is 777 g/mol. The molecule has 12 heteroatoms. The monoisotopic (exact) mass is 776 g/mol. The summed E-state index contributed by atoms with van der Waals surface area (Å²) in [5.41, 5.74) is 2.43. The van der Waals surface area contributed by atoms with Gasteiger partial charge in [-0.3, -0.25) is 14.5 Å². The first-order chi connectivity index (χ1) is 27.5. The second-order valence-corrected chi connectivity index (χ2v) is 17.4. The number of fused-ring (bicyclic) bond motifs is 8. The summed E-state index contributed by atoms with van der Waals surface area (Å²) in [6.45, 7) is 8.80. The number of esters is 3. The standard InChI is InChI=1S/C45H52N4O8/c1-8-26-18-27-21-44(40(51)54-6,36-29(24-48(22-26)23-27)28-12-10-11-13-32(28)46-36)31-19-30-33(20-34(31)53-5)47(4)38-43(30)15-17-49-16-14-35-42(9-2,37(43)49)39(56-25(3)50)45(38,57-35)41(52)55-7/h10-14,16,18-20,27,35,37-39,46H,8-9,15,17,21-24H2,1-7H3/t27-,35-,37+,38-,39-,42-,43-,44+,45+/m1/s1. The molecular formula is C45H52N4O8. The molecule has 3 aromatic rings. The molecule has 1 saturated carbocycles. The predicted molar refractivity (Wildman–Crippen MR) is 212 cm³/mol. The van der Waals surface area contributed by atoms with Crippen molar-refractivity contribution in [3.05, 3.63) is 82.7 Å². The fourth-order valence-corrected chi connectivity index (χ4v) is 13.4. The van der Waals surface area contributed by atoms with Crippen molar-refractivity contribution in [1.82, 2.24) is 14.8 Å². The van der Waals surface area contributed by atoms with E-state index in [2.05, 4.69) is 70.1 Å². The van der Waals surface area contributed by atoms with Crippen LogP contribution in [0.4, 0.5) is 5.69 Å². The molecule has 2 aromatic carbocycles. The van der Waals surface area contributed by atoms with Gasteiger partial charge in [0, 0.05) is 79.5 Å². The van der Waals surface area contributed by atoms with Crippen molar-refractivity contribution >= 4 is 34.5 Å². The zero-order valence-corrected chi connectivity index (χ0v) is 33.8. The van der Waals surface area contributed by atoms with Gasteiger partial charge in [-0.1, -0.05) is 43.7 Å². The summed E-state index contributed by atoms with van der Waals surface area (Å²) >= 11 is 0. The number of benzene rings is 2. The Bertz CT molecular complexity index is 2300. The van der Waals surface area contributed by atoms with Crippen molar-refractivity contribution in [2.45, 2.75) is 93.7 Å². The number of ether oxygens (including phenoxy) is 5. The van der Waals surface area contributed by atoms with Crippen LogP contribution >= 0.6 is 0 Å². The summed E-state index contributed by atoms with van der Waals surface area (Å²) < 4.78 is 31.4. The molecule has 1 spiro atoms. The van der Waals surface area contributed by atoms with Crippen molar-refractivity contribution in [3.8, 4) is 5.75 Å². The zero-order chi connectivity index (χ0) is 39.8. The number of H-pyrrole nitrogens is 1. The maximum absolute atomic E-state index is 15.2. The Balaban J connectivity index is 1.29. The van der Waals surface area contributed by atoms with Crippen LogP contribution in [0, 0.1) is 11.3 Å². The van der Waals surface area contributed by atoms with E-state index in [1.54, 1.807) is 7.11 Å². The van der Waals surface area contributed by atoms with Gasteiger partial charge < -0.3 is 38.5 Å². The average Bonchev–Trinajstić information content (AvgIpc) is 3.93. The quantitative estimate of drug-likeness (QED) is 0.196. The fraction of sp³-hybridized carbons (Fsp3) is 0.533. The van der Waals surface area contributed by atoms with Gasteiger partial charge in [0.1, 0.15) is 11.2 Å². The van der Waals surface area contributed by atoms with Gasteiger partial charge >= 0.3 is 17.9 Å².